The second kappa shape index (κ2) is 15.2. The van der Waals surface area contributed by atoms with Gasteiger partial charge in [-0.05, 0) is 103 Å². The van der Waals surface area contributed by atoms with Gasteiger partial charge in [-0.25, -0.2) is 15.0 Å². The van der Waals surface area contributed by atoms with Gasteiger partial charge in [0, 0.05) is 33.2 Å². The number of fused-ring (bicyclic) bond motifs is 5. The molecule has 0 radical (unpaired) electrons. The van der Waals surface area contributed by atoms with Crippen molar-refractivity contribution in [2.24, 2.45) is 0 Å². The first-order valence-corrected chi connectivity index (χ1v) is 21.3. The van der Waals surface area contributed by atoms with Crippen LogP contribution in [0.4, 0.5) is 0 Å². The molecule has 0 saturated heterocycles. The number of rotatable bonds is 7. The van der Waals surface area contributed by atoms with Gasteiger partial charge in [0.05, 0.1) is 11.0 Å². The standard InChI is InChI=1S/C59H38N4/c1-4-14-39(15-5-1)40-24-26-42(27-25-40)57-60-58(62-59(61-57)53-34-33-49(41-16-6-2-7-17-41)50-20-10-11-21-51(50)53)47-31-30-43-36-44(28-29-45(43)37-47)46-32-35-56-54(38-46)52-22-12-13-23-55(52)63(56)48-18-8-3-9-19-48/h1-38H. The number of para-hydroxylation sites is 2. The molecule has 12 aromatic rings. The fraction of sp³-hybridized carbons (Fsp3) is 0. The van der Waals surface area contributed by atoms with E-state index < -0.39 is 0 Å². The first-order valence-electron chi connectivity index (χ1n) is 21.3. The predicted molar refractivity (Wildman–Crippen MR) is 262 cm³/mol. The van der Waals surface area contributed by atoms with Crippen LogP contribution >= 0.6 is 0 Å². The van der Waals surface area contributed by atoms with E-state index in [-0.39, 0.29) is 0 Å². The Labute approximate surface area is 365 Å². The normalized spacial score (nSPS) is 11.5. The van der Waals surface area contributed by atoms with Gasteiger partial charge in [0.2, 0.25) is 0 Å². The molecule has 2 heterocycles. The molecule has 0 aliphatic heterocycles. The van der Waals surface area contributed by atoms with E-state index in [4.69, 9.17) is 15.0 Å². The summed E-state index contributed by atoms with van der Waals surface area (Å²) < 4.78 is 2.36. The van der Waals surface area contributed by atoms with E-state index in [1.807, 2.05) is 6.07 Å². The van der Waals surface area contributed by atoms with Gasteiger partial charge in [-0.1, -0.05) is 182 Å². The minimum atomic E-state index is 0.629. The van der Waals surface area contributed by atoms with Crippen molar-refractivity contribution in [1.82, 2.24) is 19.5 Å². The van der Waals surface area contributed by atoms with Crippen LogP contribution in [0.3, 0.4) is 0 Å². The number of aromatic nitrogens is 4. The summed E-state index contributed by atoms with van der Waals surface area (Å²) in [6, 6.07) is 81.8. The monoisotopic (exact) mass is 802 g/mol. The van der Waals surface area contributed by atoms with Crippen LogP contribution in [0.5, 0.6) is 0 Å². The molecule has 0 amide bonds. The first kappa shape index (κ1) is 36.4. The number of benzene rings is 10. The van der Waals surface area contributed by atoms with E-state index in [1.165, 1.54) is 49.6 Å². The summed E-state index contributed by atoms with van der Waals surface area (Å²) in [6.07, 6.45) is 0. The Morgan fingerprint density at radius 3 is 1.44 bits per heavy atom. The summed E-state index contributed by atoms with van der Waals surface area (Å²) in [5.74, 6) is 1.90. The van der Waals surface area contributed by atoms with Crippen LogP contribution in [0.15, 0.2) is 231 Å². The quantitative estimate of drug-likeness (QED) is 0.161. The van der Waals surface area contributed by atoms with Gasteiger partial charge in [0.15, 0.2) is 17.5 Å². The molecule has 0 bridgehead atoms. The average Bonchev–Trinajstić information content (AvgIpc) is 3.70. The Balaban J connectivity index is 0.960. The SMILES string of the molecule is c1ccc(-c2ccc(-c3nc(-c4ccc5cc(-c6ccc7c(c6)c6ccccc6n7-c6ccccc6)ccc5c4)nc(-c4ccc(-c5ccccc5)c5ccccc45)n3)cc2)cc1. The molecule has 4 heteroatoms. The Hall–Kier alpha value is -8.47. The first-order chi connectivity index (χ1) is 31.2. The summed E-state index contributed by atoms with van der Waals surface area (Å²) in [6.45, 7) is 0. The molecule has 12 rings (SSSR count). The van der Waals surface area contributed by atoms with Gasteiger partial charge in [-0.2, -0.15) is 0 Å². The summed E-state index contributed by atoms with van der Waals surface area (Å²) in [5.41, 5.74) is 13.4. The Bertz CT molecular complexity index is 3650. The molecule has 0 spiro atoms. The highest BCUT2D eigenvalue weighted by molar-refractivity contribution is 6.11. The zero-order valence-corrected chi connectivity index (χ0v) is 34.2. The lowest BCUT2D eigenvalue weighted by Crippen LogP contribution is -2.01. The van der Waals surface area contributed by atoms with Crippen molar-refractivity contribution in [1.29, 1.82) is 0 Å². The molecule has 0 fully saturated rings. The van der Waals surface area contributed by atoms with Crippen molar-refractivity contribution in [2.45, 2.75) is 0 Å². The second-order valence-corrected chi connectivity index (χ2v) is 16.0. The van der Waals surface area contributed by atoms with E-state index >= 15 is 0 Å². The molecule has 294 valence electrons. The van der Waals surface area contributed by atoms with Crippen molar-refractivity contribution < 1.29 is 0 Å². The molecule has 0 aliphatic carbocycles. The van der Waals surface area contributed by atoms with E-state index in [1.54, 1.807) is 0 Å². The highest BCUT2D eigenvalue weighted by Gasteiger charge is 2.18. The molecule has 0 aliphatic rings. The van der Waals surface area contributed by atoms with Crippen molar-refractivity contribution in [3.63, 3.8) is 0 Å². The summed E-state index contributed by atoms with van der Waals surface area (Å²) in [4.78, 5) is 15.6. The van der Waals surface area contributed by atoms with Crippen molar-refractivity contribution >= 4 is 43.4 Å². The van der Waals surface area contributed by atoms with E-state index in [0.29, 0.717) is 17.5 Å². The Kier molecular flexibility index (Phi) is 8.79. The lowest BCUT2D eigenvalue weighted by molar-refractivity contribution is 1.08. The van der Waals surface area contributed by atoms with Crippen LogP contribution in [-0.2, 0) is 0 Å². The lowest BCUT2D eigenvalue weighted by Gasteiger charge is -2.13. The molecule has 4 nitrogen and oxygen atoms in total. The molecule has 0 atom stereocenters. The van der Waals surface area contributed by atoms with Gasteiger partial charge in [-0.15, -0.1) is 0 Å². The molecular weight excluding hydrogens is 765 g/mol. The average molecular weight is 803 g/mol. The number of hydrogen-bond donors (Lipinski definition) is 0. The summed E-state index contributed by atoms with van der Waals surface area (Å²) in [7, 11) is 0. The Morgan fingerprint density at radius 1 is 0.254 bits per heavy atom. The topological polar surface area (TPSA) is 43.6 Å². The van der Waals surface area contributed by atoms with E-state index in [9.17, 15) is 0 Å². The van der Waals surface area contributed by atoms with E-state index in [0.717, 1.165) is 49.5 Å². The largest absolute Gasteiger partial charge is 0.309 e. The fourth-order valence-corrected chi connectivity index (χ4v) is 9.13. The minimum absolute atomic E-state index is 0.629. The number of nitrogens with zero attached hydrogens (tertiary/aromatic N) is 4. The summed E-state index contributed by atoms with van der Waals surface area (Å²) in [5, 5.41) is 6.99. The van der Waals surface area contributed by atoms with Gasteiger partial charge < -0.3 is 4.57 Å². The maximum Gasteiger partial charge on any atom is 0.164 e. The van der Waals surface area contributed by atoms with Crippen molar-refractivity contribution in [3.05, 3.63) is 231 Å². The zero-order valence-electron chi connectivity index (χ0n) is 34.2. The zero-order chi connectivity index (χ0) is 41.7. The van der Waals surface area contributed by atoms with E-state index in [2.05, 4.69) is 229 Å². The molecule has 63 heavy (non-hydrogen) atoms. The van der Waals surface area contributed by atoms with Crippen LogP contribution < -0.4 is 0 Å². The van der Waals surface area contributed by atoms with Crippen molar-refractivity contribution in [3.8, 4) is 73.2 Å². The third kappa shape index (κ3) is 6.53. The van der Waals surface area contributed by atoms with Gasteiger partial charge in [0.1, 0.15) is 0 Å². The third-order valence-corrected chi connectivity index (χ3v) is 12.3. The van der Waals surface area contributed by atoms with Crippen LogP contribution in [0.2, 0.25) is 0 Å². The smallest absolute Gasteiger partial charge is 0.164 e. The predicted octanol–water partition coefficient (Wildman–Crippen LogP) is 15.3. The molecule has 0 unspecified atom stereocenters. The fourth-order valence-electron chi connectivity index (χ4n) is 9.13. The lowest BCUT2D eigenvalue weighted by atomic mass is 9.94. The molecule has 2 aromatic heterocycles. The summed E-state index contributed by atoms with van der Waals surface area (Å²) >= 11 is 0. The second-order valence-electron chi connectivity index (χ2n) is 16.0. The van der Waals surface area contributed by atoms with Crippen molar-refractivity contribution in [2.75, 3.05) is 0 Å². The van der Waals surface area contributed by atoms with Crippen LogP contribution in [-0.4, -0.2) is 19.5 Å². The maximum atomic E-state index is 5.24. The molecular formula is C59H38N4. The minimum Gasteiger partial charge on any atom is -0.309 e. The molecule has 0 saturated carbocycles. The van der Waals surface area contributed by atoms with Crippen LogP contribution in [0, 0.1) is 0 Å². The highest BCUT2D eigenvalue weighted by atomic mass is 15.0. The van der Waals surface area contributed by atoms with Gasteiger partial charge in [-0.3, -0.25) is 0 Å². The highest BCUT2D eigenvalue weighted by Crippen LogP contribution is 2.38. The number of hydrogen-bond acceptors (Lipinski definition) is 3. The molecule has 0 N–H and O–H groups in total. The molecule has 10 aromatic carbocycles. The Morgan fingerprint density at radius 2 is 0.714 bits per heavy atom. The third-order valence-electron chi connectivity index (χ3n) is 12.3. The van der Waals surface area contributed by atoms with Crippen LogP contribution in [0.1, 0.15) is 0 Å². The van der Waals surface area contributed by atoms with Gasteiger partial charge >= 0.3 is 0 Å². The van der Waals surface area contributed by atoms with Gasteiger partial charge in [0.25, 0.3) is 0 Å². The maximum absolute atomic E-state index is 5.24. The van der Waals surface area contributed by atoms with Crippen LogP contribution in [0.25, 0.3) is 117 Å².